The zero-order valence-corrected chi connectivity index (χ0v) is 10.4. The molecule has 0 fully saturated rings. The van der Waals surface area contributed by atoms with E-state index in [4.69, 9.17) is 4.74 Å². The fourth-order valence-electron chi connectivity index (χ4n) is 1.41. The summed E-state index contributed by atoms with van der Waals surface area (Å²) in [4.78, 5) is 4.60. The highest BCUT2D eigenvalue weighted by molar-refractivity contribution is 5.60. The summed E-state index contributed by atoms with van der Waals surface area (Å²) in [6.07, 6.45) is 3.16. The number of hydrogen-bond donors (Lipinski definition) is 0. The molecule has 0 aliphatic carbocycles. The fraction of sp³-hybridized carbons (Fsp3) is 0.500. The van der Waals surface area contributed by atoms with Crippen molar-refractivity contribution in [3.8, 4) is 0 Å². The molecule has 0 N–H and O–H groups in total. The van der Waals surface area contributed by atoms with Gasteiger partial charge in [0.15, 0.2) is 0 Å². The second-order valence-electron chi connectivity index (χ2n) is 4.07. The van der Waals surface area contributed by atoms with Crippen LogP contribution in [0.15, 0.2) is 35.3 Å². The van der Waals surface area contributed by atoms with Gasteiger partial charge >= 0.3 is 0 Å². The third-order valence-electron chi connectivity index (χ3n) is 2.67. The molecule has 1 rings (SSSR count). The van der Waals surface area contributed by atoms with Crippen LogP contribution in [0.4, 0.5) is 0 Å². The Kier molecular flexibility index (Phi) is 5.79. The van der Waals surface area contributed by atoms with Gasteiger partial charge in [-0.25, -0.2) is 0 Å². The van der Waals surface area contributed by atoms with Crippen molar-refractivity contribution < 1.29 is 4.74 Å². The van der Waals surface area contributed by atoms with E-state index < -0.39 is 0 Å². The minimum absolute atomic E-state index is 0.125. The summed E-state index contributed by atoms with van der Waals surface area (Å²) in [5, 5.41) is 0. The monoisotopic (exact) mass is 219 g/mol. The van der Waals surface area contributed by atoms with Crippen molar-refractivity contribution >= 4 is 6.21 Å². The van der Waals surface area contributed by atoms with E-state index in [0.717, 1.165) is 6.42 Å². The summed E-state index contributed by atoms with van der Waals surface area (Å²) in [6.45, 7) is 4.99. The molecule has 0 aromatic heterocycles. The number of rotatable bonds is 6. The van der Waals surface area contributed by atoms with Crippen molar-refractivity contribution in [2.75, 3.05) is 13.7 Å². The molecule has 0 saturated carbocycles. The summed E-state index contributed by atoms with van der Waals surface area (Å²) in [7, 11) is 1.72. The Balaban J connectivity index is 2.72. The third-order valence-corrected chi connectivity index (χ3v) is 2.67. The number of nitrogens with zero attached hydrogens (tertiary/aromatic N) is 1. The molecule has 0 saturated heterocycles. The highest BCUT2D eigenvalue weighted by Crippen LogP contribution is 2.17. The van der Waals surface area contributed by atoms with Crippen LogP contribution in [-0.4, -0.2) is 19.9 Å². The minimum atomic E-state index is 0.125. The van der Waals surface area contributed by atoms with Crippen LogP contribution < -0.4 is 0 Å². The van der Waals surface area contributed by atoms with Crippen molar-refractivity contribution in [2.24, 2.45) is 10.9 Å². The SMILES string of the molecule is CCC(C)C=N[C@@H](COC)c1ccccc1. The van der Waals surface area contributed by atoms with E-state index >= 15 is 0 Å². The molecule has 0 radical (unpaired) electrons. The molecule has 0 bridgehead atoms. The van der Waals surface area contributed by atoms with Gasteiger partial charge in [-0.3, -0.25) is 4.99 Å². The molecule has 0 aliphatic rings. The number of benzene rings is 1. The van der Waals surface area contributed by atoms with Gasteiger partial charge in [0.1, 0.15) is 0 Å². The van der Waals surface area contributed by atoms with Crippen LogP contribution in [0.25, 0.3) is 0 Å². The molecule has 0 amide bonds. The van der Waals surface area contributed by atoms with Gasteiger partial charge in [0.2, 0.25) is 0 Å². The van der Waals surface area contributed by atoms with E-state index in [0.29, 0.717) is 12.5 Å². The Morgan fingerprint density at radius 2 is 2.00 bits per heavy atom. The van der Waals surface area contributed by atoms with Crippen LogP contribution in [0.2, 0.25) is 0 Å². The van der Waals surface area contributed by atoms with Gasteiger partial charge in [-0.1, -0.05) is 44.2 Å². The maximum absolute atomic E-state index is 5.21. The second kappa shape index (κ2) is 7.18. The first-order valence-electron chi connectivity index (χ1n) is 5.85. The Morgan fingerprint density at radius 3 is 2.56 bits per heavy atom. The van der Waals surface area contributed by atoms with Gasteiger partial charge in [-0.2, -0.15) is 0 Å². The van der Waals surface area contributed by atoms with Crippen LogP contribution in [0.1, 0.15) is 31.9 Å². The molecule has 88 valence electrons. The van der Waals surface area contributed by atoms with Gasteiger partial charge in [0.05, 0.1) is 12.6 Å². The van der Waals surface area contributed by atoms with Crippen molar-refractivity contribution in [3.05, 3.63) is 35.9 Å². The Bertz CT molecular complexity index is 308. The first-order chi connectivity index (χ1) is 7.77. The predicted molar refractivity (Wildman–Crippen MR) is 69.0 cm³/mol. The van der Waals surface area contributed by atoms with Crippen molar-refractivity contribution in [2.45, 2.75) is 26.3 Å². The van der Waals surface area contributed by atoms with Crippen LogP contribution in [0, 0.1) is 5.92 Å². The molecule has 0 heterocycles. The van der Waals surface area contributed by atoms with E-state index in [1.165, 1.54) is 5.56 Å². The van der Waals surface area contributed by atoms with E-state index in [1.54, 1.807) is 7.11 Å². The van der Waals surface area contributed by atoms with Crippen molar-refractivity contribution in [1.29, 1.82) is 0 Å². The third kappa shape index (κ3) is 4.15. The summed E-state index contributed by atoms with van der Waals surface area (Å²) in [6, 6.07) is 10.4. The highest BCUT2D eigenvalue weighted by atomic mass is 16.5. The second-order valence-corrected chi connectivity index (χ2v) is 4.07. The predicted octanol–water partition coefficient (Wildman–Crippen LogP) is 3.49. The molecule has 2 heteroatoms. The number of ether oxygens (including phenoxy) is 1. The zero-order valence-electron chi connectivity index (χ0n) is 10.4. The number of aliphatic imine (C=N–C) groups is 1. The number of methoxy groups -OCH3 is 1. The molecule has 1 aromatic rings. The standard InChI is InChI=1S/C14H21NO/c1-4-12(2)10-15-14(11-16-3)13-8-6-5-7-9-13/h5-10,12,14H,4,11H2,1-3H3/t12?,14-/m0/s1. The lowest BCUT2D eigenvalue weighted by atomic mass is 10.1. The molecule has 2 nitrogen and oxygen atoms in total. The molecule has 1 aromatic carbocycles. The first kappa shape index (κ1) is 12.9. The lowest BCUT2D eigenvalue weighted by molar-refractivity contribution is 0.181. The van der Waals surface area contributed by atoms with Gasteiger partial charge in [-0.15, -0.1) is 0 Å². The Hall–Kier alpha value is -1.15. The topological polar surface area (TPSA) is 21.6 Å². The fourth-order valence-corrected chi connectivity index (χ4v) is 1.41. The van der Waals surface area contributed by atoms with Gasteiger partial charge < -0.3 is 4.74 Å². The van der Waals surface area contributed by atoms with Crippen LogP contribution in [-0.2, 0) is 4.74 Å². The Morgan fingerprint density at radius 1 is 1.31 bits per heavy atom. The molecule has 1 unspecified atom stereocenters. The summed E-state index contributed by atoms with van der Waals surface area (Å²) in [5.41, 5.74) is 1.21. The van der Waals surface area contributed by atoms with Crippen LogP contribution in [0.5, 0.6) is 0 Å². The molecule has 16 heavy (non-hydrogen) atoms. The average Bonchev–Trinajstić information content (AvgIpc) is 2.35. The van der Waals surface area contributed by atoms with Crippen molar-refractivity contribution in [3.63, 3.8) is 0 Å². The normalized spacial score (nSPS) is 15.2. The smallest absolute Gasteiger partial charge is 0.0978 e. The largest absolute Gasteiger partial charge is 0.382 e. The molecular weight excluding hydrogens is 198 g/mol. The van der Waals surface area contributed by atoms with Gasteiger partial charge in [0, 0.05) is 13.3 Å². The maximum Gasteiger partial charge on any atom is 0.0978 e. The average molecular weight is 219 g/mol. The molecule has 2 atom stereocenters. The lowest BCUT2D eigenvalue weighted by Gasteiger charge is -2.12. The maximum atomic E-state index is 5.21. The molecular formula is C14H21NO. The van der Waals surface area contributed by atoms with Crippen molar-refractivity contribution in [1.82, 2.24) is 0 Å². The molecule has 0 aliphatic heterocycles. The quantitative estimate of drug-likeness (QED) is 0.671. The van der Waals surface area contributed by atoms with E-state index in [2.05, 4.69) is 31.0 Å². The summed E-state index contributed by atoms with van der Waals surface area (Å²) in [5.74, 6) is 0.531. The summed E-state index contributed by atoms with van der Waals surface area (Å²) >= 11 is 0. The van der Waals surface area contributed by atoms with Crippen LogP contribution in [0.3, 0.4) is 0 Å². The molecule has 0 spiro atoms. The Labute approximate surface area is 98.4 Å². The van der Waals surface area contributed by atoms with Gasteiger partial charge in [0.25, 0.3) is 0 Å². The van der Waals surface area contributed by atoms with E-state index in [9.17, 15) is 0 Å². The highest BCUT2D eigenvalue weighted by Gasteiger charge is 2.08. The lowest BCUT2D eigenvalue weighted by Crippen LogP contribution is -2.05. The number of hydrogen-bond acceptors (Lipinski definition) is 2. The zero-order chi connectivity index (χ0) is 11.8. The van der Waals surface area contributed by atoms with E-state index in [1.807, 2.05) is 24.4 Å². The summed E-state index contributed by atoms with van der Waals surface area (Å²) < 4.78 is 5.21. The minimum Gasteiger partial charge on any atom is -0.382 e. The van der Waals surface area contributed by atoms with Crippen LogP contribution >= 0.6 is 0 Å². The van der Waals surface area contributed by atoms with Gasteiger partial charge in [-0.05, 0) is 17.9 Å². The first-order valence-corrected chi connectivity index (χ1v) is 5.85. The van der Waals surface area contributed by atoms with E-state index in [-0.39, 0.29) is 6.04 Å².